The number of nitrogens with one attached hydrogen (secondary N) is 1. The van der Waals surface area contributed by atoms with Crippen LogP contribution in [0.3, 0.4) is 0 Å². The molecule has 0 amide bonds. The number of hydrogen-bond donors (Lipinski definition) is 1. The molecule has 0 saturated heterocycles. The minimum atomic E-state index is -0.546. The van der Waals surface area contributed by atoms with Crippen molar-refractivity contribution in [2.24, 2.45) is 0 Å². The topological polar surface area (TPSA) is 12.0 Å². The maximum Gasteiger partial charge on any atom is 2.00 e. The number of hydrogen-bond acceptors (Lipinski definition) is 1. The quantitative estimate of drug-likeness (QED) is 0.599. The summed E-state index contributed by atoms with van der Waals surface area (Å²) >= 11 is 0. The molecule has 0 unspecified atom stereocenters. The van der Waals surface area contributed by atoms with E-state index in [0.717, 1.165) is 0 Å². The van der Waals surface area contributed by atoms with Gasteiger partial charge in [-0.05, 0) is 20.8 Å². The van der Waals surface area contributed by atoms with Gasteiger partial charge in [0.1, 0.15) is 8.96 Å². The van der Waals surface area contributed by atoms with Crippen molar-refractivity contribution in [2.75, 3.05) is 0 Å². The van der Waals surface area contributed by atoms with E-state index in [2.05, 4.69) is 38.8 Å². The van der Waals surface area contributed by atoms with Gasteiger partial charge in [-0.1, -0.05) is 13.1 Å². The maximum absolute atomic E-state index is 3.52. The molecule has 9 heavy (non-hydrogen) atoms. The van der Waals surface area contributed by atoms with Crippen LogP contribution in [0.2, 0.25) is 13.1 Å². The Kier molecular flexibility index (Phi) is 6.51. The van der Waals surface area contributed by atoms with Crippen molar-refractivity contribution in [3.05, 3.63) is 0 Å². The van der Waals surface area contributed by atoms with E-state index in [0.29, 0.717) is 5.54 Å². The number of rotatable bonds is 1. The molecule has 0 saturated carbocycles. The first-order valence-corrected chi connectivity index (χ1v) is 6.08. The summed E-state index contributed by atoms with van der Waals surface area (Å²) in [4.78, 5) is 3.52. The molecule has 0 radical (unpaired) electrons. The van der Waals surface area contributed by atoms with Gasteiger partial charge >= 0.3 is 21.7 Å². The summed E-state index contributed by atoms with van der Waals surface area (Å²) in [5.41, 5.74) is 0.334. The van der Waals surface area contributed by atoms with Crippen LogP contribution in [0.1, 0.15) is 20.8 Å². The molecular weight excluding hydrogens is 162 g/mol. The SMILES string of the molecule is C[SiH](C)NC(C)(C)C.[Ti+2]. The predicted octanol–water partition coefficient (Wildman–Crippen LogP) is 1.36. The van der Waals surface area contributed by atoms with Gasteiger partial charge in [-0.15, -0.1) is 0 Å². The van der Waals surface area contributed by atoms with E-state index in [4.69, 9.17) is 0 Å². The summed E-state index contributed by atoms with van der Waals surface area (Å²) in [6.07, 6.45) is 0. The molecule has 0 aromatic rings. The fourth-order valence-corrected chi connectivity index (χ4v) is 2.60. The summed E-state index contributed by atoms with van der Waals surface area (Å²) < 4.78 is 0. The smallest absolute Gasteiger partial charge is 0.335 e. The van der Waals surface area contributed by atoms with E-state index < -0.39 is 8.96 Å². The Morgan fingerprint density at radius 1 is 1.11 bits per heavy atom. The van der Waals surface area contributed by atoms with Crippen LogP contribution in [0.15, 0.2) is 0 Å². The normalized spacial score (nSPS) is 11.3. The first kappa shape index (κ1) is 12.6. The van der Waals surface area contributed by atoms with Crippen molar-refractivity contribution in [2.45, 2.75) is 39.4 Å². The summed E-state index contributed by atoms with van der Waals surface area (Å²) in [5.74, 6) is 0. The molecule has 0 aliphatic carbocycles. The standard InChI is InChI=1S/C6H17NSi.Ti/c1-6(2,3)7-8(4)5;/h7-8H,1-5H3;/q;+2. The molecule has 0 aliphatic heterocycles. The third kappa shape index (κ3) is 12.2. The average Bonchev–Trinajstić information content (AvgIpc) is 1.21. The Morgan fingerprint density at radius 2 is 1.44 bits per heavy atom. The van der Waals surface area contributed by atoms with E-state index in [9.17, 15) is 0 Å². The molecule has 0 bridgehead atoms. The first-order valence-electron chi connectivity index (χ1n) is 3.19. The monoisotopic (exact) mass is 179 g/mol. The van der Waals surface area contributed by atoms with Gasteiger partial charge in [0.15, 0.2) is 0 Å². The van der Waals surface area contributed by atoms with Gasteiger partial charge in [0.2, 0.25) is 0 Å². The van der Waals surface area contributed by atoms with Crippen molar-refractivity contribution in [1.82, 2.24) is 4.98 Å². The largest absolute Gasteiger partial charge is 2.00 e. The fraction of sp³-hybridized carbons (Fsp3) is 1.00. The average molecular weight is 179 g/mol. The minimum Gasteiger partial charge on any atom is -0.335 e. The van der Waals surface area contributed by atoms with Gasteiger partial charge < -0.3 is 4.98 Å². The molecule has 3 heteroatoms. The zero-order chi connectivity index (χ0) is 6.78. The maximum atomic E-state index is 3.52. The Morgan fingerprint density at radius 3 is 1.44 bits per heavy atom. The molecule has 0 spiro atoms. The zero-order valence-corrected chi connectivity index (χ0v) is 9.79. The van der Waals surface area contributed by atoms with Crippen molar-refractivity contribution < 1.29 is 21.7 Å². The van der Waals surface area contributed by atoms with Crippen molar-refractivity contribution in [3.63, 3.8) is 0 Å². The van der Waals surface area contributed by atoms with E-state index >= 15 is 0 Å². The second-order valence-electron chi connectivity index (χ2n) is 3.55. The van der Waals surface area contributed by atoms with Gasteiger partial charge in [0, 0.05) is 5.54 Å². The molecule has 0 fully saturated rings. The van der Waals surface area contributed by atoms with Gasteiger partial charge in [-0.25, -0.2) is 0 Å². The van der Waals surface area contributed by atoms with E-state index in [1.807, 2.05) is 0 Å². The third-order valence-electron chi connectivity index (χ3n) is 0.722. The molecule has 0 atom stereocenters. The molecule has 0 aromatic heterocycles. The molecule has 0 aromatic carbocycles. The molecule has 0 heterocycles. The second kappa shape index (κ2) is 4.67. The second-order valence-corrected chi connectivity index (χ2v) is 6.15. The van der Waals surface area contributed by atoms with Gasteiger partial charge in [0.05, 0.1) is 0 Å². The molecule has 52 valence electrons. The van der Waals surface area contributed by atoms with Crippen LogP contribution in [-0.4, -0.2) is 14.5 Å². The van der Waals surface area contributed by atoms with Crippen LogP contribution in [0.5, 0.6) is 0 Å². The first-order chi connectivity index (χ1) is 3.42. The molecule has 1 N–H and O–H groups in total. The van der Waals surface area contributed by atoms with Crippen LogP contribution in [-0.2, 0) is 21.7 Å². The predicted molar refractivity (Wildman–Crippen MR) is 41.8 cm³/mol. The summed E-state index contributed by atoms with van der Waals surface area (Å²) in [5, 5.41) is 0. The van der Waals surface area contributed by atoms with Crippen molar-refractivity contribution in [3.8, 4) is 0 Å². The molecule has 0 rings (SSSR count). The minimum absolute atomic E-state index is 0. The van der Waals surface area contributed by atoms with Gasteiger partial charge in [-0.3, -0.25) is 0 Å². The Labute approximate surface area is 75.2 Å². The fourth-order valence-electron chi connectivity index (χ4n) is 0.866. The van der Waals surface area contributed by atoms with E-state index in [1.54, 1.807) is 0 Å². The molecule has 1 nitrogen and oxygen atoms in total. The van der Waals surface area contributed by atoms with Gasteiger partial charge in [0.25, 0.3) is 0 Å². The molecule has 0 aliphatic rings. The van der Waals surface area contributed by atoms with Gasteiger partial charge in [-0.2, -0.15) is 0 Å². The Hall–Kier alpha value is 0.891. The Balaban J connectivity index is 0. The van der Waals surface area contributed by atoms with E-state index in [-0.39, 0.29) is 21.7 Å². The zero-order valence-electron chi connectivity index (χ0n) is 7.08. The Bertz CT molecular complexity index is 67.9. The van der Waals surface area contributed by atoms with E-state index in [1.165, 1.54) is 0 Å². The van der Waals surface area contributed by atoms with Crippen molar-refractivity contribution in [1.29, 1.82) is 0 Å². The third-order valence-corrected chi connectivity index (χ3v) is 2.17. The summed E-state index contributed by atoms with van der Waals surface area (Å²) in [7, 11) is -0.546. The molecular formula is C6H17NSiTi+2. The van der Waals surface area contributed by atoms with Crippen LogP contribution >= 0.6 is 0 Å². The van der Waals surface area contributed by atoms with Crippen LogP contribution < -0.4 is 4.98 Å². The summed E-state index contributed by atoms with van der Waals surface area (Å²) in [6.45, 7) is 11.2. The van der Waals surface area contributed by atoms with Crippen LogP contribution in [0.4, 0.5) is 0 Å². The van der Waals surface area contributed by atoms with Crippen LogP contribution in [0, 0.1) is 0 Å². The van der Waals surface area contributed by atoms with Crippen LogP contribution in [0.25, 0.3) is 0 Å². The van der Waals surface area contributed by atoms with Crippen molar-refractivity contribution >= 4 is 8.96 Å². The summed E-state index contributed by atoms with van der Waals surface area (Å²) in [6, 6.07) is 0.